The minimum absolute atomic E-state index is 0.0950. The highest BCUT2D eigenvalue weighted by Crippen LogP contribution is 2.33. The Morgan fingerprint density at radius 3 is 2.36 bits per heavy atom. The van der Waals surface area contributed by atoms with Gasteiger partial charge >= 0.3 is 0 Å². The van der Waals surface area contributed by atoms with Crippen molar-refractivity contribution in [3.05, 3.63) is 71.4 Å². The second-order valence-electron chi connectivity index (χ2n) is 5.51. The van der Waals surface area contributed by atoms with Gasteiger partial charge in [0.25, 0.3) is 0 Å². The molecule has 3 aromatic rings. The van der Waals surface area contributed by atoms with E-state index in [2.05, 4.69) is 11.5 Å². The fraction of sp³-hybridized carbons (Fsp3) is 0.211. The average molecular weight is 293 g/mol. The predicted molar refractivity (Wildman–Crippen MR) is 87.2 cm³/mol. The molecule has 0 N–H and O–H groups in total. The van der Waals surface area contributed by atoms with Gasteiger partial charge in [-0.15, -0.1) is 0 Å². The van der Waals surface area contributed by atoms with Gasteiger partial charge in [0.15, 0.2) is 5.78 Å². The van der Waals surface area contributed by atoms with Crippen LogP contribution >= 0.6 is 0 Å². The summed E-state index contributed by atoms with van der Waals surface area (Å²) in [6.45, 7) is 6.33. The third-order valence-electron chi connectivity index (χ3n) is 4.09. The van der Waals surface area contributed by atoms with Gasteiger partial charge in [-0.25, -0.2) is 0 Å². The van der Waals surface area contributed by atoms with Crippen LogP contribution in [0.2, 0.25) is 0 Å². The molecule has 0 atom stereocenters. The summed E-state index contributed by atoms with van der Waals surface area (Å²) in [6, 6.07) is 13.9. The van der Waals surface area contributed by atoms with Crippen molar-refractivity contribution >= 4 is 5.78 Å². The van der Waals surface area contributed by atoms with Crippen molar-refractivity contribution < 1.29 is 9.21 Å². The van der Waals surface area contributed by atoms with Crippen molar-refractivity contribution in [2.45, 2.75) is 27.3 Å². The molecule has 0 bridgehead atoms. The van der Waals surface area contributed by atoms with E-state index in [4.69, 9.17) is 4.42 Å². The first-order valence-corrected chi connectivity index (χ1v) is 7.38. The van der Waals surface area contributed by atoms with E-state index in [-0.39, 0.29) is 5.78 Å². The number of Topliss-reactive ketones (excluding diaryl/α,β-unsaturated/α-hetero) is 1. The Kier molecular flexibility index (Phi) is 3.72. The van der Waals surface area contributed by atoms with Crippen LogP contribution in [0.25, 0.3) is 11.1 Å². The van der Waals surface area contributed by atoms with Crippen molar-refractivity contribution in [2.24, 2.45) is 0 Å². The largest absolute Gasteiger partial charge is 0.467 e. The van der Waals surface area contributed by atoms with Crippen LogP contribution in [-0.2, 0) is 6.54 Å². The molecule has 0 saturated carbocycles. The van der Waals surface area contributed by atoms with Crippen molar-refractivity contribution in [3.8, 4) is 11.1 Å². The maximum atomic E-state index is 12.2. The summed E-state index contributed by atoms with van der Waals surface area (Å²) < 4.78 is 7.61. The summed E-state index contributed by atoms with van der Waals surface area (Å²) in [6.07, 6.45) is 1.67. The maximum absolute atomic E-state index is 12.2. The summed E-state index contributed by atoms with van der Waals surface area (Å²) in [5.41, 5.74) is 4.98. The average Bonchev–Trinajstić information content (AvgIpc) is 3.10. The molecule has 3 nitrogen and oxygen atoms in total. The van der Waals surface area contributed by atoms with Crippen LogP contribution in [0.5, 0.6) is 0 Å². The summed E-state index contributed by atoms with van der Waals surface area (Å²) in [4.78, 5) is 12.2. The van der Waals surface area contributed by atoms with Crippen LogP contribution in [0.1, 0.15) is 34.4 Å². The first kappa shape index (κ1) is 14.4. The molecule has 2 aromatic heterocycles. The standard InChI is InChI=1S/C19H19NO2/c1-13-18(15(3)21)19(16-8-5-4-6-9-16)14(2)20(13)12-17-10-7-11-22-17/h4-11H,12H2,1-3H3. The number of aromatic nitrogens is 1. The Balaban J connectivity index is 2.19. The molecule has 0 fully saturated rings. The lowest BCUT2D eigenvalue weighted by Gasteiger charge is -2.08. The van der Waals surface area contributed by atoms with Crippen molar-refractivity contribution in [1.29, 1.82) is 0 Å². The van der Waals surface area contributed by atoms with Crippen molar-refractivity contribution in [2.75, 3.05) is 0 Å². The molecule has 0 saturated heterocycles. The second-order valence-corrected chi connectivity index (χ2v) is 5.51. The third-order valence-corrected chi connectivity index (χ3v) is 4.09. The molecule has 22 heavy (non-hydrogen) atoms. The number of hydrogen-bond donors (Lipinski definition) is 0. The van der Waals surface area contributed by atoms with Crippen molar-refractivity contribution in [1.82, 2.24) is 4.57 Å². The number of ketones is 1. The fourth-order valence-corrected chi connectivity index (χ4v) is 3.07. The van der Waals surface area contributed by atoms with Gasteiger partial charge in [0, 0.05) is 22.5 Å². The van der Waals surface area contributed by atoms with Crippen LogP contribution in [-0.4, -0.2) is 10.4 Å². The van der Waals surface area contributed by atoms with E-state index in [9.17, 15) is 4.79 Å². The van der Waals surface area contributed by atoms with E-state index in [1.807, 2.05) is 49.4 Å². The zero-order valence-electron chi connectivity index (χ0n) is 13.1. The van der Waals surface area contributed by atoms with Crippen LogP contribution < -0.4 is 0 Å². The number of hydrogen-bond acceptors (Lipinski definition) is 2. The zero-order valence-corrected chi connectivity index (χ0v) is 13.1. The maximum Gasteiger partial charge on any atom is 0.162 e. The number of benzene rings is 1. The zero-order chi connectivity index (χ0) is 15.7. The van der Waals surface area contributed by atoms with Gasteiger partial charge in [-0.3, -0.25) is 4.79 Å². The molecule has 0 aliphatic heterocycles. The molecule has 0 spiro atoms. The van der Waals surface area contributed by atoms with Crippen LogP contribution in [0.4, 0.5) is 0 Å². The number of carbonyl (C=O) groups is 1. The minimum atomic E-state index is 0.0950. The SMILES string of the molecule is CC(=O)c1c(-c2ccccc2)c(C)n(Cc2ccco2)c1C. The van der Waals surface area contributed by atoms with Crippen molar-refractivity contribution in [3.63, 3.8) is 0 Å². The highest BCUT2D eigenvalue weighted by atomic mass is 16.3. The van der Waals surface area contributed by atoms with E-state index in [1.54, 1.807) is 13.2 Å². The molecule has 0 unspecified atom stereocenters. The lowest BCUT2D eigenvalue weighted by Crippen LogP contribution is -2.04. The number of nitrogens with zero attached hydrogens (tertiary/aromatic N) is 1. The van der Waals surface area contributed by atoms with Gasteiger partial charge in [-0.2, -0.15) is 0 Å². The highest BCUT2D eigenvalue weighted by Gasteiger charge is 2.22. The Bertz CT molecular complexity index is 796. The molecule has 3 heteroatoms. The van der Waals surface area contributed by atoms with Crippen LogP contribution in [0, 0.1) is 13.8 Å². The third kappa shape index (κ3) is 2.39. The molecule has 1 aromatic carbocycles. The molecule has 2 heterocycles. The molecule has 0 amide bonds. The summed E-state index contributed by atoms with van der Waals surface area (Å²) in [7, 11) is 0. The summed E-state index contributed by atoms with van der Waals surface area (Å²) in [5, 5.41) is 0. The first-order valence-electron chi connectivity index (χ1n) is 7.38. The monoisotopic (exact) mass is 293 g/mol. The Morgan fingerprint density at radius 1 is 1.05 bits per heavy atom. The fourth-order valence-electron chi connectivity index (χ4n) is 3.07. The quantitative estimate of drug-likeness (QED) is 0.658. The topological polar surface area (TPSA) is 35.1 Å². The Hall–Kier alpha value is -2.55. The lowest BCUT2D eigenvalue weighted by atomic mass is 9.98. The Morgan fingerprint density at radius 2 is 1.77 bits per heavy atom. The predicted octanol–water partition coefficient (Wildman–Crippen LogP) is 4.62. The first-order chi connectivity index (χ1) is 10.6. The molecule has 112 valence electrons. The van der Waals surface area contributed by atoms with Crippen LogP contribution in [0.15, 0.2) is 53.1 Å². The highest BCUT2D eigenvalue weighted by molar-refractivity contribution is 6.03. The van der Waals surface area contributed by atoms with E-state index >= 15 is 0 Å². The van der Waals surface area contributed by atoms with E-state index in [1.165, 1.54) is 0 Å². The normalized spacial score (nSPS) is 10.9. The Labute approximate surface area is 130 Å². The van der Waals surface area contributed by atoms with Gasteiger partial charge in [-0.1, -0.05) is 30.3 Å². The van der Waals surface area contributed by atoms with Gasteiger partial charge in [0.05, 0.1) is 12.8 Å². The molecular formula is C19H19NO2. The second kappa shape index (κ2) is 5.68. The summed E-state index contributed by atoms with van der Waals surface area (Å²) >= 11 is 0. The number of carbonyl (C=O) groups excluding carboxylic acids is 1. The smallest absolute Gasteiger partial charge is 0.162 e. The number of furan rings is 1. The van der Waals surface area contributed by atoms with Gasteiger partial charge < -0.3 is 8.98 Å². The molecule has 0 aliphatic carbocycles. The van der Waals surface area contributed by atoms with Gasteiger partial charge in [0.2, 0.25) is 0 Å². The minimum Gasteiger partial charge on any atom is -0.467 e. The molecular weight excluding hydrogens is 274 g/mol. The van der Waals surface area contributed by atoms with Gasteiger partial charge in [0.1, 0.15) is 5.76 Å². The van der Waals surface area contributed by atoms with Crippen LogP contribution in [0.3, 0.4) is 0 Å². The van der Waals surface area contributed by atoms with E-state index in [0.29, 0.717) is 6.54 Å². The number of rotatable bonds is 4. The van der Waals surface area contributed by atoms with E-state index < -0.39 is 0 Å². The molecule has 0 radical (unpaired) electrons. The molecule has 3 rings (SSSR count). The summed E-state index contributed by atoms with van der Waals surface area (Å²) in [5.74, 6) is 0.980. The van der Waals surface area contributed by atoms with E-state index in [0.717, 1.165) is 33.8 Å². The molecule has 0 aliphatic rings. The van der Waals surface area contributed by atoms with Gasteiger partial charge in [-0.05, 0) is 38.5 Å². The lowest BCUT2D eigenvalue weighted by molar-refractivity contribution is 0.101.